The molecule has 32 heavy (non-hydrogen) atoms. The summed E-state index contributed by atoms with van der Waals surface area (Å²) < 4.78 is 15.3. The van der Waals surface area contributed by atoms with Crippen LogP contribution in [0.2, 0.25) is 0 Å². The molecular formula is C22H32N4O6. The van der Waals surface area contributed by atoms with Crippen LogP contribution in [0.25, 0.3) is 0 Å². The Morgan fingerprint density at radius 2 is 1.91 bits per heavy atom. The third-order valence-corrected chi connectivity index (χ3v) is 6.04. The van der Waals surface area contributed by atoms with Gasteiger partial charge in [0.25, 0.3) is 5.91 Å². The number of rotatable bonds is 9. The maximum atomic E-state index is 13.0. The smallest absolute Gasteiger partial charge is 0.259 e. The number of hydrogen-bond acceptors (Lipinski definition) is 7. The molecule has 2 aliphatic rings. The number of carbonyl (C=O) groups is 3. The number of hydrogen-bond donors (Lipinski definition) is 1. The van der Waals surface area contributed by atoms with Gasteiger partial charge in [0.05, 0.1) is 26.7 Å². The summed E-state index contributed by atoms with van der Waals surface area (Å²) in [6.45, 7) is 3.16. The van der Waals surface area contributed by atoms with E-state index in [-0.39, 0.29) is 35.9 Å². The second-order valence-electron chi connectivity index (χ2n) is 8.13. The average molecular weight is 449 g/mol. The predicted molar refractivity (Wildman–Crippen MR) is 116 cm³/mol. The lowest BCUT2D eigenvalue weighted by Gasteiger charge is -2.34. The molecule has 1 N–H and O–H groups in total. The van der Waals surface area contributed by atoms with Gasteiger partial charge < -0.3 is 29.3 Å². The molecule has 1 atom stereocenters. The molecule has 0 spiro atoms. The molecular weight excluding hydrogens is 416 g/mol. The highest BCUT2D eigenvalue weighted by atomic mass is 16.5. The first-order chi connectivity index (χ1) is 15.5. The molecule has 0 radical (unpaired) electrons. The monoisotopic (exact) mass is 448 g/mol. The van der Waals surface area contributed by atoms with Crippen molar-refractivity contribution in [2.45, 2.75) is 19.3 Å². The number of likely N-dealkylation sites (tertiary alicyclic amines) is 2. The number of piperidine rings is 1. The van der Waals surface area contributed by atoms with Gasteiger partial charge >= 0.3 is 0 Å². The number of carbonyl (C=O) groups excluding carboxylic acids is 3. The van der Waals surface area contributed by atoms with E-state index in [0.29, 0.717) is 56.7 Å². The molecule has 2 fully saturated rings. The number of nitrogens with one attached hydrogen (secondary N) is 1. The van der Waals surface area contributed by atoms with Gasteiger partial charge in [-0.05, 0) is 24.8 Å². The number of ether oxygens (including phenoxy) is 3. The Labute approximate surface area is 188 Å². The Kier molecular flexibility index (Phi) is 8.26. The fourth-order valence-corrected chi connectivity index (χ4v) is 4.20. The van der Waals surface area contributed by atoms with Crippen LogP contribution in [0.15, 0.2) is 12.1 Å². The van der Waals surface area contributed by atoms with Crippen molar-refractivity contribution in [3.05, 3.63) is 17.7 Å². The van der Waals surface area contributed by atoms with E-state index in [1.54, 1.807) is 29.0 Å². The van der Waals surface area contributed by atoms with E-state index in [2.05, 4.69) is 10.3 Å². The summed E-state index contributed by atoms with van der Waals surface area (Å²) in [4.78, 5) is 45.4. The topological polar surface area (TPSA) is 110 Å². The Hall–Kier alpha value is -2.88. The van der Waals surface area contributed by atoms with E-state index < -0.39 is 0 Å². The first kappa shape index (κ1) is 23.8. The maximum Gasteiger partial charge on any atom is 0.259 e. The zero-order valence-corrected chi connectivity index (χ0v) is 19.0. The van der Waals surface area contributed by atoms with E-state index in [9.17, 15) is 14.4 Å². The molecule has 10 nitrogen and oxygen atoms in total. The fraction of sp³-hybridized carbons (Fsp3) is 0.636. The zero-order chi connectivity index (χ0) is 23.1. The van der Waals surface area contributed by atoms with Crippen molar-refractivity contribution in [3.8, 4) is 11.8 Å². The second kappa shape index (κ2) is 11.1. The van der Waals surface area contributed by atoms with Crippen LogP contribution in [0.3, 0.4) is 0 Å². The van der Waals surface area contributed by atoms with Crippen LogP contribution < -0.4 is 14.8 Å². The largest absolute Gasteiger partial charge is 0.481 e. The fourth-order valence-electron chi connectivity index (χ4n) is 4.20. The van der Waals surface area contributed by atoms with Crippen molar-refractivity contribution in [3.63, 3.8) is 0 Å². The van der Waals surface area contributed by atoms with Crippen LogP contribution in [0, 0.1) is 11.8 Å². The highest BCUT2D eigenvalue weighted by Gasteiger charge is 2.36. The average Bonchev–Trinajstić information content (AvgIpc) is 3.18. The number of pyridine rings is 1. The van der Waals surface area contributed by atoms with Gasteiger partial charge in [-0.3, -0.25) is 14.4 Å². The maximum absolute atomic E-state index is 13.0. The molecule has 3 rings (SSSR count). The Balaban J connectivity index is 1.49. The summed E-state index contributed by atoms with van der Waals surface area (Å²) >= 11 is 0. The third kappa shape index (κ3) is 5.67. The molecule has 10 heteroatoms. The molecule has 3 amide bonds. The predicted octanol–water partition coefficient (Wildman–Crippen LogP) is 0.562. The molecule has 176 valence electrons. The van der Waals surface area contributed by atoms with Crippen LogP contribution in [0.1, 0.15) is 29.6 Å². The lowest BCUT2D eigenvalue weighted by Crippen LogP contribution is -2.42. The molecule has 0 saturated carbocycles. The number of nitrogens with zero attached hydrogens (tertiary/aromatic N) is 3. The first-order valence-electron chi connectivity index (χ1n) is 10.9. The second-order valence-corrected chi connectivity index (χ2v) is 8.13. The van der Waals surface area contributed by atoms with Crippen LogP contribution in [0.4, 0.5) is 0 Å². The molecule has 2 aliphatic heterocycles. The minimum absolute atomic E-state index is 0.0180. The Morgan fingerprint density at radius 3 is 2.56 bits per heavy atom. The summed E-state index contributed by atoms with van der Waals surface area (Å²) in [6.07, 6.45) is 1.85. The quantitative estimate of drug-likeness (QED) is 0.550. The minimum Gasteiger partial charge on any atom is -0.481 e. The summed E-state index contributed by atoms with van der Waals surface area (Å²) in [5.41, 5.74) is 0.406. The van der Waals surface area contributed by atoms with Crippen LogP contribution in [0.5, 0.6) is 11.8 Å². The lowest BCUT2D eigenvalue weighted by atomic mass is 9.95. The highest BCUT2D eigenvalue weighted by Crippen LogP contribution is 2.27. The summed E-state index contributed by atoms with van der Waals surface area (Å²) in [5.74, 6) is 0.419. The van der Waals surface area contributed by atoms with E-state index in [1.165, 1.54) is 14.2 Å². The standard InChI is InChI=1S/C22H32N4O6/c1-30-11-8-23-20(28)16-12-19(27)26(14-16)13-15-6-9-25(10-7-15)22(29)17-4-5-18(31-2)24-21(17)32-3/h4-5,15-16H,6-14H2,1-3H3,(H,23,28). The van der Waals surface area contributed by atoms with Gasteiger partial charge in [0, 0.05) is 52.3 Å². The molecule has 1 unspecified atom stereocenters. The number of amides is 3. The highest BCUT2D eigenvalue weighted by molar-refractivity contribution is 5.96. The molecule has 1 aromatic rings. The number of methoxy groups -OCH3 is 3. The first-order valence-corrected chi connectivity index (χ1v) is 10.9. The van der Waals surface area contributed by atoms with Crippen LogP contribution >= 0.6 is 0 Å². The van der Waals surface area contributed by atoms with Gasteiger partial charge in [0.15, 0.2) is 0 Å². The van der Waals surface area contributed by atoms with Gasteiger partial charge in [-0.15, -0.1) is 0 Å². The molecule has 1 aromatic heterocycles. The molecule has 0 bridgehead atoms. The summed E-state index contributed by atoms with van der Waals surface area (Å²) in [6, 6.07) is 3.31. The molecule has 0 aromatic carbocycles. The van der Waals surface area contributed by atoms with Crippen molar-refractivity contribution in [1.82, 2.24) is 20.1 Å². The van der Waals surface area contributed by atoms with E-state index >= 15 is 0 Å². The van der Waals surface area contributed by atoms with Crippen molar-refractivity contribution >= 4 is 17.7 Å². The molecule has 3 heterocycles. The number of aromatic nitrogens is 1. The van der Waals surface area contributed by atoms with E-state index in [4.69, 9.17) is 14.2 Å². The van der Waals surface area contributed by atoms with Gasteiger partial charge in [-0.1, -0.05) is 0 Å². The minimum atomic E-state index is -0.309. The van der Waals surface area contributed by atoms with Gasteiger partial charge in [0.1, 0.15) is 5.56 Å². The van der Waals surface area contributed by atoms with E-state index in [0.717, 1.165) is 12.8 Å². The van der Waals surface area contributed by atoms with Crippen molar-refractivity contribution < 1.29 is 28.6 Å². The van der Waals surface area contributed by atoms with Gasteiger partial charge in [0.2, 0.25) is 23.6 Å². The van der Waals surface area contributed by atoms with Crippen molar-refractivity contribution in [2.24, 2.45) is 11.8 Å². The van der Waals surface area contributed by atoms with Gasteiger partial charge in [-0.25, -0.2) is 0 Å². The SMILES string of the molecule is COCCNC(=O)C1CC(=O)N(CC2CCN(C(=O)c3ccc(OC)nc3OC)CC2)C1. The van der Waals surface area contributed by atoms with Gasteiger partial charge in [-0.2, -0.15) is 4.98 Å². The Morgan fingerprint density at radius 1 is 1.16 bits per heavy atom. The normalized spacial score (nSPS) is 19.2. The molecule has 2 saturated heterocycles. The van der Waals surface area contributed by atoms with E-state index in [1.807, 2.05) is 0 Å². The molecule has 0 aliphatic carbocycles. The van der Waals surface area contributed by atoms with Crippen LogP contribution in [-0.2, 0) is 14.3 Å². The van der Waals surface area contributed by atoms with Crippen LogP contribution in [-0.4, -0.2) is 93.2 Å². The van der Waals surface area contributed by atoms with Crippen molar-refractivity contribution in [1.29, 1.82) is 0 Å². The third-order valence-electron chi connectivity index (χ3n) is 6.04. The zero-order valence-electron chi connectivity index (χ0n) is 19.0. The summed E-state index contributed by atoms with van der Waals surface area (Å²) in [5, 5.41) is 2.81. The lowest BCUT2D eigenvalue weighted by molar-refractivity contribution is -0.129. The summed E-state index contributed by atoms with van der Waals surface area (Å²) in [7, 11) is 4.56. The Bertz CT molecular complexity index is 825. The van der Waals surface area contributed by atoms with Crippen molar-refractivity contribution in [2.75, 3.05) is 60.7 Å².